The minimum absolute atomic E-state index is 0.0405. The zero-order valence-corrected chi connectivity index (χ0v) is 25.4. The molecule has 11 nitrogen and oxygen atoms in total. The highest BCUT2D eigenvalue weighted by Gasteiger charge is 2.38. The number of carbonyl (C=O) groups is 4. The molecule has 0 radical (unpaired) electrons. The Bertz CT molecular complexity index is 1520. The lowest BCUT2D eigenvalue weighted by atomic mass is 10.0. The number of benzene rings is 2. The van der Waals surface area contributed by atoms with Crippen molar-refractivity contribution in [2.24, 2.45) is 5.92 Å². The Hall–Kier alpha value is -4.38. The van der Waals surface area contributed by atoms with E-state index in [2.05, 4.69) is 20.8 Å². The molecule has 0 saturated carbocycles. The molecular formula is C32H39N5O6. The molecule has 43 heavy (non-hydrogen) atoms. The minimum Gasteiger partial charge on any atom is -0.459 e. The molecule has 2 aromatic carbocycles. The van der Waals surface area contributed by atoms with Crippen LogP contribution in [0, 0.1) is 5.92 Å². The minimum atomic E-state index is -0.987. The number of amides is 3. The summed E-state index contributed by atoms with van der Waals surface area (Å²) >= 11 is 0. The number of nitrogens with one attached hydrogen (secondary N) is 3. The van der Waals surface area contributed by atoms with E-state index in [1.807, 2.05) is 38.1 Å². The van der Waals surface area contributed by atoms with E-state index in [0.29, 0.717) is 23.2 Å². The van der Waals surface area contributed by atoms with Crippen molar-refractivity contribution in [1.82, 2.24) is 25.7 Å². The monoisotopic (exact) mass is 589 g/mol. The molecule has 0 aliphatic carbocycles. The molecule has 2 heterocycles. The summed E-state index contributed by atoms with van der Waals surface area (Å²) in [5.41, 5.74) is -0.0291. The van der Waals surface area contributed by atoms with Gasteiger partial charge in [-0.05, 0) is 75.4 Å². The molecule has 1 unspecified atom stereocenters. The van der Waals surface area contributed by atoms with Crippen LogP contribution in [0.2, 0.25) is 0 Å². The van der Waals surface area contributed by atoms with Crippen molar-refractivity contribution < 1.29 is 23.9 Å². The quantitative estimate of drug-likeness (QED) is 0.227. The lowest BCUT2D eigenvalue weighted by molar-refractivity contribution is -0.158. The van der Waals surface area contributed by atoms with Gasteiger partial charge in [-0.1, -0.05) is 38.1 Å². The van der Waals surface area contributed by atoms with E-state index in [9.17, 15) is 24.0 Å². The number of hydrogen-bond donors (Lipinski definition) is 3. The first-order valence-electron chi connectivity index (χ1n) is 14.5. The van der Waals surface area contributed by atoms with Gasteiger partial charge in [-0.15, -0.1) is 0 Å². The van der Waals surface area contributed by atoms with Gasteiger partial charge < -0.3 is 10.1 Å². The maximum absolute atomic E-state index is 13.5. The molecule has 1 aliphatic heterocycles. The zero-order chi connectivity index (χ0) is 31.5. The van der Waals surface area contributed by atoms with Crippen LogP contribution < -0.4 is 16.2 Å². The predicted molar refractivity (Wildman–Crippen MR) is 161 cm³/mol. The van der Waals surface area contributed by atoms with Gasteiger partial charge >= 0.3 is 5.97 Å². The fourth-order valence-electron chi connectivity index (χ4n) is 5.03. The summed E-state index contributed by atoms with van der Waals surface area (Å²) in [6.07, 6.45) is 0.440. The molecule has 11 heteroatoms. The molecule has 3 amide bonds. The fourth-order valence-corrected chi connectivity index (χ4v) is 5.03. The van der Waals surface area contributed by atoms with E-state index in [-0.39, 0.29) is 30.3 Å². The van der Waals surface area contributed by atoms with Crippen molar-refractivity contribution in [2.45, 2.75) is 78.1 Å². The Morgan fingerprint density at radius 1 is 0.930 bits per heavy atom. The van der Waals surface area contributed by atoms with Crippen LogP contribution in [0.4, 0.5) is 0 Å². The Kier molecular flexibility index (Phi) is 9.44. The van der Waals surface area contributed by atoms with Crippen LogP contribution in [0.15, 0.2) is 53.3 Å². The SMILES string of the molecule is CC(C)C[C@H](N[C@H](CCN1C(=O)c2cc3ccccc3cc2C1=O)C(=O)OC(C)(C)C)C(=O)NC(C)c1ccc(=O)[nH]n1. The third kappa shape index (κ3) is 7.72. The van der Waals surface area contributed by atoms with Crippen molar-refractivity contribution >= 4 is 34.5 Å². The lowest BCUT2D eigenvalue weighted by Gasteiger charge is -2.29. The Morgan fingerprint density at radius 3 is 2.05 bits per heavy atom. The Balaban J connectivity index is 1.53. The first kappa shape index (κ1) is 31.6. The maximum atomic E-state index is 13.5. The number of H-pyrrole nitrogens is 1. The van der Waals surface area contributed by atoms with Gasteiger partial charge in [-0.2, -0.15) is 5.10 Å². The standard InChI is InChI=1S/C32H39N5O6/c1-18(2)15-26(28(39)33-19(3)24-11-12-27(38)36-35-24)34-25(31(42)43-32(4,5)6)13-14-37-29(40)22-16-20-9-7-8-10-21(20)17-23(22)30(37)41/h7-12,16-19,25-26,34H,13-15H2,1-6H3,(H,33,39)(H,36,38)/t19?,25-,26+/m1/s1. The summed E-state index contributed by atoms with van der Waals surface area (Å²) < 4.78 is 5.66. The maximum Gasteiger partial charge on any atom is 0.323 e. The molecule has 3 N–H and O–H groups in total. The summed E-state index contributed by atoms with van der Waals surface area (Å²) in [6, 6.07) is 11.5. The molecule has 228 valence electrons. The first-order chi connectivity index (χ1) is 20.2. The number of hydrogen-bond acceptors (Lipinski definition) is 8. The van der Waals surface area contributed by atoms with Crippen LogP contribution in [-0.2, 0) is 14.3 Å². The van der Waals surface area contributed by atoms with Gasteiger partial charge in [0.1, 0.15) is 11.6 Å². The van der Waals surface area contributed by atoms with E-state index in [1.54, 1.807) is 39.8 Å². The molecule has 1 aliphatic rings. The van der Waals surface area contributed by atoms with E-state index in [4.69, 9.17) is 4.74 Å². The molecule has 0 bridgehead atoms. The van der Waals surface area contributed by atoms with Gasteiger partial charge in [0.25, 0.3) is 17.4 Å². The van der Waals surface area contributed by atoms with E-state index in [0.717, 1.165) is 15.7 Å². The number of fused-ring (bicyclic) bond motifs is 2. The van der Waals surface area contributed by atoms with E-state index in [1.165, 1.54) is 12.1 Å². The van der Waals surface area contributed by atoms with Crippen molar-refractivity contribution in [3.8, 4) is 0 Å². The van der Waals surface area contributed by atoms with Crippen LogP contribution in [0.3, 0.4) is 0 Å². The van der Waals surface area contributed by atoms with Gasteiger partial charge in [0, 0.05) is 12.6 Å². The van der Waals surface area contributed by atoms with Crippen LogP contribution in [0.1, 0.15) is 86.8 Å². The number of ether oxygens (including phenoxy) is 1. The van der Waals surface area contributed by atoms with Crippen LogP contribution in [-0.4, -0.2) is 63.0 Å². The van der Waals surface area contributed by atoms with E-state index < -0.39 is 41.5 Å². The number of carbonyl (C=O) groups excluding carboxylic acids is 4. The number of esters is 1. The summed E-state index contributed by atoms with van der Waals surface area (Å²) in [4.78, 5) is 65.9. The molecular weight excluding hydrogens is 550 g/mol. The Morgan fingerprint density at radius 2 is 1.53 bits per heavy atom. The normalized spacial score (nSPS) is 15.4. The highest BCUT2D eigenvalue weighted by atomic mass is 16.6. The molecule has 0 saturated heterocycles. The molecule has 4 rings (SSSR count). The topological polar surface area (TPSA) is 151 Å². The van der Waals surface area contributed by atoms with Crippen LogP contribution >= 0.6 is 0 Å². The molecule has 0 fully saturated rings. The largest absolute Gasteiger partial charge is 0.459 e. The average Bonchev–Trinajstić information content (AvgIpc) is 3.16. The van der Waals surface area contributed by atoms with Gasteiger partial charge in [0.2, 0.25) is 5.91 Å². The Labute approximate surface area is 250 Å². The van der Waals surface area contributed by atoms with Gasteiger partial charge in [-0.25, -0.2) is 5.10 Å². The summed E-state index contributed by atoms with van der Waals surface area (Å²) in [6.45, 7) is 10.8. The smallest absolute Gasteiger partial charge is 0.323 e. The highest BCUT2D eigenvalue weighted by Crippen LogP contribution is 2.28. The summed E-state index contributed by atoms with van der Waals surface area (Å²) in [7, 11) is 0. The molecule has 1 aromatic heterocycles. The second kappa shape index (κ2) is 12.9. The van der Waals surface area contributed by atoms with Crippen molar-refractivity contribution in [3.05, 3.63) is 75.7 Å². The zero-order valence-electron chi connectivity index (χ0n) is 25.4. The number of aromatic nitrogens is 2. The lowest BCUT2D eigenvalue weighted by Crippen LogP contribution is -2.53. The molecule has 3 aromatic rings. The van der Waals surface area contributed by atoms with Crippen LogP contribution in [0.5, 0.6) is 0 Å². The van der Waals surface area contributed by atoms with Crippen molar-refractivity contribution in [3.63, 3.8) is 0 Å². The summed E-state index contributed by atoms with van der Waals surface area (Å²) in [5, 5.41) is 14.1. The van der Waals surface area contributed by atoms with Crippen LogP contribution in [0.25, 0.3) is 10.8 Å². The average molecular weight is 590 g/mol. The van der Waals surface area contributed by atoms with Gasteiger partial charge in [0.05, 0.1) is 28.9 Å². The summed E-state index contributed by atoms with van der Waals surface area (Å²) in [5.74, 6) is -1.71. The second-order valence-corrected chi connectivity index (χ2v) is 12.3. The number of rotatable bonds is 11. The number of nitrogens with zero attached hydrogens (tertiary/aromatic N) is 2. The molecule has 0 spiro atoms. The third-order valence-electron chi connectivity index (χ3n) is 7.10. The van der Waals surface area contributed by atoms with Crippen molar-refractivity contribution in [1.29, 1.82) is 0 Å². The number of aromatic amines is 1. The predicted octanol–water partition coefficient (Wildman–Crippen LogP) is 3.50. The highest BCUT2D eigenvalue weighted by molar-refractivity contribution is 6.23. The first-order valence-corrected chi connectivity index (χ1v) is 14.5. The van der Waals surface area contributed by atoms with Gasteiger partial charge in [0.15, 0.2) is 0 Å². The third-order valence-corrected chi connectivity index (χ3v) is 7.10. The second-order valence-electron chi connectivity index (χ2n) is 12.3. The fraction of sp³-hybridized carbons (Fsp3) is 0.438. The molecule has 3 atom stereocenters. The van der Waals surface area contributed by atoms with Gasteiger partial charge in [-0.3, -0.25) is 34.2 Å². The van der Waals surface area contributed by atoms with E-state index >= 15 is 0 Å². The van der Waals surface area contributed by atoms with Crippen molar-refractivity contribution in [2.75, 3.05) is 6.54 Å². The number of imide groups is 1.